The maximum Gasteiger partial charge on any atom is 0.270 e. The van der Waals surface area contributed by atoms with Crippen molar-refractivity contribution in [3.8, 4) is 0 Å². The van der Waals surface area contributed by atoms with Crippen molar-refractivity contribution in [2.75, 3.05) is 11.9 Å². The van der Waals surface area contributed by atoms with Gasteiger partial charge in [-0.25, -0.2) is 0 Å². The normalized spacial score (nSPS) is 10.7. The second-order valence-electron chi connectivity index (χ2n) is 5.18. The molecule has 0 aliphatic heterocycles. The minimum atomic E-state index is -0.477. The highest BCUT2D eigenvalue weighted by Gasteiger charge is 2.10. The van der Waals surface area contributed by atoms with Gasteiger partial charge in [0.2, 0.25) is 0 Å². The van der Waals surface area contributed by atoms with Gasteiger partial charge in [-0.15, -0.1) is 0 Å². The van der Waals surface area contributed by atoms with Crippen molar-refractivity contribution >= 4 is 58.1 Å². The van der Waals surface area contributed by atoms with Crippen molar-refractivity contribution in [1.29, 1.82) is 0 Å². The van der Waals surface area contributed by atoms with Gasteiger partial charge in [0.1, 0.15) is 0 Å². The highest BCUT2D eigenvalue weighted by atomic mass is 35.5. The zero-order valence-corrected chi connectivity index (χ0v) is 15.7. The van der Waals surface area contributed by atoms with Gasteiger partial charge in [0, 0.05) is 40.0 Å². The Morgan fingerprint density at radius 1 is 1.31 bits per heavy atom. The Bertz CT molecular complexity index is 861. The molecular formula is C16H15Cl2N5O2S. The molecule has 0 radical (unpaired) electrons. The molecule has 136 valence electrons. The van der Waals surface area contributed by atoms with Crippen LogP contribution in [0.4, 0.5) is 11.4 Å². The highest BCUT2D eigenvalue weighted by Crippen LogP contribution is 2.23. The molecule has 0 aromatic heterocycles. The van der Waals surface area contributed by atoms with E-state index in [9.17, 15) is 10.1 Å². The van der Waals surface area contributed by atoms with Crippen LogP contribution in [0.3, 0.4) is 0 Å². The van der Waals surface area contributed by atoms with Gasteiger partial charge in [-0.2, -0.15) is 5.10 Å². The quantitative estimate of drug-likeness (QED) is 0.277. The Morgan fingerprint density at radius 3 is 2.73 bits per heavy atom. The summed E-state index contributed by atoms with van der Waals surface area (Å²) in [5, 5.41) is 19.2. The fraction of sp³-hybridized carbons (Fsp3) is 0.125. The summed E-state index contributed by atoms with van der Waals surface area (Å²) in [6.45, 7) is 0.558. The smallest absolute Gasteiger partial charge is 0.270 e. The Balaban J connectivity index is 2.12. The number of rotatable bonds is 7. The molecule has 0 amide bonds. The average molecular weight is 412 g/mol. The molecule has 0 aliphatic carbocycles. The number of thiocarbonyl (C=S) groups is 1. The average Bonchev–Trinajstić information content (AvgIpc) is 2.57. The number of nitrogens with one attached hydrogen (secondary N) is 2. The first kappa shape index (κ1) is 19.9. The summed E-state index contributed by atoms with van der Waals surface area (Å²) in [5.41, 5.74) is 9.81. The molecule has 2 aromatic rings. The van der Waals surface area contributed by atoms with E-state index in [0.29, 0.717) is 34.3 Å². The van der Waals surface area contributed by atoms with Crippen molar-refractivity contribution in [1.82, 2.24) is 5.43 Å². The number of nitrogens with two attached hydrogens (primary N) is 1. The molecule has 2 rings (SSSR count). The number of halogens is 2. The van der Waals surface area contributed by atoms with Gasteiger partial charge < -0.3 is 11.1 Å². The minimum absolute atomic E-state index is 0.00132. The van der Waals surface area contributed by atoms with Gasteiger partial charge in [0.05, 0.1) is 11.1 Å². The number of benzene rings is 2. The van der Waals surface area contributed by atoms with Crippen molar-refractivity contribution < 1.29 is 4.92 Å². The molecule has 0 atom stereocenters. The molecule has 4 N–H and O–H groups in total. The van der Waals surface area contributed by atoms with Gasteiger partial charge in [0.15, 0.2) is 5.11 Å². The third-order valence-corrected chi connectivity index (χ3v) is 4.03. The summed E-state index contributed by atoms with van der Waals surface area (Å²) in [4.78, 5) is 10.5. The molecule has 7 nitrogen and oxygen atoms in total. The first-order valence-corrected chi connectivity index (χ1v) is 8.58. The Labute approximate surface area is 165 Å². The Hall–Kier alpha value is -2.42. The van der Waals surface area contributed by atoms with Gasteiger partial charge in [-0.3, -0.25) is 15.5 Å². The van der Waals surface area contributed by atoms with Crippen LogP contribution in [0, 0.1) is 10.1 Å². The molecule has 0 saturated carbocycles. The molecule has 0 heterocycles. The number of anilines is 1. The zero-order chi connectivity index (χ0) is 19.1. The third kappa shape index (κ3) is 5.83. The summed E-state index contributed by atoms with van der Waals surface area (Å²) >= 11 is 16.7. The highest BCUT2D eigenvalue weighted by molar-refractivity contribution is 7.80. The molecule has 26 heavy (non-hydrogen) atoms. The number of hydrogen-bond donors (Lipinski definition) is 3. The van der Waals surface area contributed by atoms with Crippen LogP contribution >= 0.6 is 35.4 Å². The van der Waals surface area contributed by atoms with Crippen molar-refractivity contribution in [2.45, 2.75) is 6.42 Å². The number of nitrogens with zero attached hydrogens (tertiary/aromatic N) is 2. The predicted molar refractivity (Wildman–Crippen MR) is 109 cm³/mol. The number of hydrogen-bond acceptors (Lipinski definition) is 5. The van der Waals surface area contributed by atoms with E-state index < -0.39 is 4.92 Å². The number of nitro groups is 1. The predicted octanol–water partition coefficient (Wildman–Crippen LogP) is 3.72. The van der Waals surface area contributed by atoms with E-state index in [1.807, 2.05) is 6.07 Å². The zero-order valence-electron chi connectivity index (χ0n) is 13.4. The molecule has 0 saturated heterocycles. The molecule has 2 aromatic carbocycles. The molecule has 0 aliphatic rings. The third-order valence-electron chi connectivity index (χ3n) is 3.35. The van der Waals surface area contributed by atoms with E-state index in [2.05, 4.69) is 28.1 Å². The number of non-ortho nitro benzene ring substituents is 1. The lowest BCUT2D eigenvalue weighted by Gasteiger charge is -2.10. The standard InChI is InChI=1S/C16H15Cl2N5O2S/c17-12-2-1-10(14(18)8-12)5-6-20-15-4-3-13(23(24)25)7-11(15)9-21-22-16(19)26/h1-4,7-9,20H,5-6H2,(H3,19,22,26)/b21-9+. The number of nitro benzene ring substituents is 1. The number of hydrazone groups is 1. The Kier molecular flexibility index (Phi) is 7.14. The van der Waals surface area contributed by atoms with Crippen LogP contribution in [0.15, 0.2) is 41.5 Å². The van der Waals surface area contributed by atoms with E-state index >= 15 is 0 Å². The van der Waals surface area contributed by atoms with Gasteiger partial charge in [-0.05, 0) is 42.4 Å². The Morgan fingerprint density at radius 2 is 2.08 bits per heavy atom. The molecule has 0 fully saturated rings. The van der Waals surface area contributed by atoms with E-state index in [1.165, 1.54) is 18.3 Å². The monoisotopic (exact) mass is 411 g/mol. The van der Waals surface area contributed by atoms with Crippen LogP contribution in [0.2, 0.25) is 10.0 Å². The van der Waals surface area contributed by atoms with Gasteiger partial charge in [0.25, 0.3) is 5.69 Å². The largest absolute Gasteiger partial charge is 0.384 e. The molecule has 10 heteroatoms. The fourth-order valence-electron chi connectivity index (χ4n) is 2.15. The summed E-state index contributed by atoms with van der Waals surface area (Å²) in [6.07, 6.45) is 2.05. The van der Waals surface area contributed by atoms with Crippen molar-refractivity contribution in [3.05, 3.63) is 67.7 Å². The van der Waals surface area contributed by atoms with Crippen LogP contribution in [0.1, 0.15) is 11.1 Å². The van der Waals surface area contributed by atoms with Crippen molar-refractivity contribution in [3.63, 3.8) is 0 Å². The SMILES string of the molecule is NC(=S)N/N=C/c1cc([N+](=O)[O-])ccc1NCCc1ccc(Cl)cc1Cl. The van der Waals surface area contributed by atoms with E-state index in [0.717, 1.165) is 5.56 Å². The summed E-state index contributed by atoms with van der Waals surface area (Å²) in [7, 11) is 0. The van der Waals surface area contributed by atoms with Crippen LogP contribution in [-0.2, 0) is 6.42 Å². The first-order chi connectivity index (χ1) is 12.4. The fourth-order valence-corrected chi connectivity index (χ4v) is 2.71. The maximum absolute atomic E-state index is 11.0. The van der Waals surface area contributed by atoms with Crippen LogP contribution in [-0.4, -0.2) is 22.8 Å². The van der Waals surface area contributed by atoms with Crippen LogP contribution < -0.4 is 16.5 Å². The van der Waals surface area contributed by atoms with E-state index in [1.54, 1.807) is 18.2 Å². The first-order valence-electron chi connectivity index (χ1n) is 7.41. The lowest BCUT2D eigenvalue weighted by molar-refractivity contribution is -0.384. The van der Waals surface area contributed by atoms with Crippen molar-refractivity contribution in [2.24, 2.45) is 10.8 Å². The minimum Gasteiger partial charge on any atom is -0.384 e. The van der Waals surface area contributed by atoms with Crippen LogP contribution in [0.25, 0.3) is 0 Å². The summed E-state index contributed by atoms with van der Waals surface area (Å²) in [5.74, 6) is 0. The van der Waals surface area contributed by atoms with E-state index in [-0.39, 0.29) is 10.8 Å². The summed E-state index contributed by atoms with van der Waals surface area (Å²) in [6, 6.07) is 9.75. The maximum atomic E-state index is 11.0. The van der Waals surface area contributed by atoms with E-state index in [4.69, 9.17) is 28.9 Å². The van der Waals surface area contributed by atoms with Gasteiger partial charge in [-0.1, -0.05) is 29.3 Å². The summed E-state index contributed by atoms with van der Waals surface area (Å²) < 4.78 is 0. The molecule has 0 bridgehead atoms. The second kappa shape index (κ2) is 9.33. The topological polar surface area (TPSA) is 106 Å². The van der Waals surface area contributed by atoms with Crippen LogP contribution in [0.5, 0.6) is 0 Å². The molecule has 0 unspecified atom stereocenters. The lowest BCUT2D eigenvalue weighted by Crippen LogP contribution is -2.24. The lowest BCUT2D eigenvalue weighted by atomic mass is 10.1. The molecule has 0 spiro atoms. The van der Waals surface area contributed by atoms with Gasteiger partial charge >= 0.3 is 0 Å². The second-order valence-corrected chi connectivity index (χ2v) is 6.46. The molecular weight excluding hydrogens is 397 g/mol.